The van der Waals surface area contributed by atoms with Gasteiger partial charge in [-0.2, -0.15) is 0 Å². The van der Waals surface area contributed by atoms with E-state index in [4.69, 9.17) is 4.74 Å². The van der Waals surface area contributed by atoms with Crippen molar-refractivity contribution < 1.29 is 29.3 Å². The molecule has 136 valence electrons. The molecule has 1 heterocycles. The van der Waals surface area contributed by atoms with Crippen molar-refractivity contribution in [3.05, 3.63) is 42.0 Å². The van der Waals surface area contributed by atoms with E-state index >= 15 is 0 Å². The topological polar surface area (TPSA) is 122 Å². The average molecular weight is 348 g/mol. The summed E-state index contributed by atoms with van der Waals surface area (Å²) >= 11 is 0. The highest BCUT2D eigenvalue weighted by molar-refractivity contribution is 5.97. The van der Waals surface area contributed by atoms with Gasteiger partial charge in [0, 0.05) is 7.05 Å². The smallest absolute Gasteiger partial charge is 0.257 e. The summed E-state index contributed by atoms with van der Waals surface area (Å²) in [7, 11) is 3.74. The van der Waals surface area contributed by atoms with Crippen LogP contribution in [0.15, 0.2) is 36.4 Å². The minimum atomic E-state index is -1.55. The van der Waals surface area contributed by atoms with Gasteiger partial charge in [0.25, 0.3) is 5.91 Å². The zero-order valence-corrected chi connectivity index (χ0v) is 14.1. The van der Waals surface area contributed by atoms with Crippen LogP contribution in [0, 0.1) is 0 Å². The van der Waals surface area contributed by atoms with Gasteiger partial charge in [-0.15, -0.1) is 0 Å². The number of para-hydroxylation sites is 1. The predicted octanol–water partition coefficient (Wildman–Crippen LogP) is -1.83. The monoisotopic (exact) mass is 348 g/mol. The lowest BCUT2D eigenvalue weighted by Crippen LogP contribution is -2.35. The molecule has 1 aliphatic rings. The second-order valence-corrected chi connectivity index (χ2v) is 5.29. The van der Waals surface area contributed by atoms with Gasteiger partial charge >= 0.3 is 0 Å². The van der Waals surface area contributed by atoms with E-state index in [9.17, 15) is 24.6 Å². The van der Waals surface area contributed by atoms with E-state index in [0.717, 1.165) is 13.0 Å². The average Bonchev–Trinajstić information content (AvgIpc) is 2.69. The van der Waals surface area contributed by atoms with E-state index in [-0.39, 0.29) is 12.0 Å². The Labute approximate surface area is 145 Å². The van der Waals surface area contributed by atoms with Crippen LogP contribution in [0.4, 0.5) is 0 Å². The molecular formula is C17H20N2O6-2. The molecule has 1 amide bonds. The molecule has 0 saturated heterocycles. The zero-order valence-electron chi connectivity index (χ0n) is 14.1. The first-order valence-electron chi connectivity index (χ1n) is 7.61. The first kappa shape index (κ1) is 20.2. The standard InChI is InChI=1S/C13H18N2O2.C4H4O4/c1-14-8-7-10-9-15(2)13(16)11-5-3-4-6-12(11)17-10;5-3(6)1-2-4(7)8/h3-6,10,14H,7-9H2,1-2H3;1-2H,(H,5,6)(H,7,8)/p-2/b;2-1+. The van der Waals surface area contributed by atoms with Gasteiger partial charge in [0.15, 0.2) is 0 Å². The van der Waals surface area contributed by atoms with Gasteiger partial charge in [-0.05, 0) is 44.3 Å². The first-order valence-corrected chi connectivity index (χ1v) is 7.61. The van der Waals surface area contributed by atoms with E-state index in [0.29, 0.717) is 30.0 Å². The molecule has 0 bridgehead atoms. The fourth-order valence-electron chi connectivity index (χ4n) is 2.15. The second-order valence-electron chi connectivity index (χ2n) is 5.29. The number of likely N-dealkylation sites (N-methyl/N-ethyl adjacent to an activating group) is 1. The third-order valence-corrected chi connectivity index (χ3v) is 3.31. The van der Waals surface area contributed by atoms with E-state index in [1.54, 1.807) is 4.90 Å². The van der Waals surface area contributed by atoms with Crippen LogP contribution in [-0.2, 0) is 9.59 Å². The van der Waals surface area contributed by atoms with E-state index < -0.39 is 11.9 Å². The Hall–Kier alpha value is -2.87. The fourth-order valence-corrected chi connectivity index (χ4v) is 2.15. The molecule has 8 heteroatoms. The van der Waals surface area contributed by atoms with Crippen molar-refractivity contribution in [1.82, 2.24) is 10.2 Å². The predicted molar refractivity (Wildman–Crippen MR) is 85.5 cm³/mol. The number of ether oxygens (including phenoxy) is 1. The quantitative estimate of drug-likeness (QED) is 0.621. The molecule has 0 saturated carbocycles. The zero-order chi connectivity index (χ0) is 18.8. The van der Waals surface area contributed by atoms with Crippen LogP contribution in [0.3, 0.4) is 0 Å². The van der Waals surface area contributed by atoms with E-state index in [1.165, 1.54) is 0 Å². The van der Waals surface area contributed by atoms with Crippen molar-refractivity contribution in [2.45, 2.75) is 12.5 Å². The molecular weight excluding hydrogens is 328 g/mol. The molecule has 2 rings (SSSR count). The molecule has 0 fully saturated rings. The van der Waals surface area contributed by atoms with Gasteiger partial charge in [0.1, 0.15) is 11.9 Å². The van der Waals surface area contributed by atoms with Crippen LogP contribution in [0.2, 0.25) is 0 Å². The van der Waals surface area contributed by atoms with Crippen molar-refractivity contribution in [3.8, 4) is 5.75 Å². The number of nitrogens with one attached hydrogen (secondary N) is 1. The molecule has 1 N–H and O–H groups in total. The molecule has 1 aliphatic heterocycles. The molecule has 0 aromatic heterocycles. The summed E-state index contributed by atoms with van der Waals surface area (Å²) in [5, 5.41) is 21.9. The van der Waals surface area contributed by atoms with Crippen molar-refractivity contribution in [2.24, 2.45) is 0 Å². The lowest BCUT2D eigenvalue weighted by molar-refractivity contribution is -0.301. The number of amides is 1. The Bertz CT molecular complexity index is 628. The van der Waals surface area contributed by atoms with Crippen LogP contribution < -0.4 is 20.3 Å². The summed E-state index contributed by atoms with van der Waals surface area (Å²) in [6, 6.07) is 7.43. The Morgan fingerprint density at radius 3 is 2.44 bits per heavy atom. The molecule has 0 radical (unpaired) electrons. The third kappa shape index (κ3) is 7.05. The lowest BCUT2D eigenvalue weighted by Gasteiger charge is -2.20. The number of fused-ring (bicyclic) bond motifs is 1. The summed E-state index contributed by atoms with van der Waals surface area (Å²) in [6.07, 6.45) is 1.72. The molecule has 0 spiro atoms. The number of nitrogens with zero attached hydrogens (tertiary/aromatic N) is 1. The minimum absolute atomic E-state index is 0.0348. The van der Waals surface area contributed by atoms with Gasteiger partial charge in [0.2, 0.25) is 0 Å². The van der Waals surface area contributed by atoms with Crippen LogP contribution in [0.25, 0.3) is 0 Å². The number of benzene rings is 1. The number of hydrogen-bond acceptors (Lipinski definition) is 7. The summed E-state index contributed by atoms with van der Waals surface area (Å²) < 4.78 is 5.90. The Morgan fingerprint density at radius 1 is 1.28 bits per heavy atom. The highest BCUT2D eigenvalue weighted by Crippen LogP contribution is 2.24. The normalized spacial score (nSPS) is 16.3. The van der Waals surface area contributed by atoms with Crippen LogP contribution >= 0.6 is 0 Å². The number of carboxylic acid groups (broad SMARTS) is 2. The Kier molecular flexibility index (Phi) is 8.14. The van der Waals surface area contributed by atoms with Crippen molar-refractivity contribution >= 4 is 17.8 Å². The largest absolute Gasteiger partial charge is 0.545 e. The summed E-state index contributed by atoms with van der Waals surface area (Å²) in [6.45, 7) is 1.52. The summed E-state index contributed by atoms with van der Waals surface area (Å²) in [5.41, 5.74) is 0.655. The first-order chi connectivity index (χ1) is 11.8. The maximum Gasteiger partial charge on any atom is 0.257 e. The van der Waals surface area contributed by atoms with Gasteiger partial charge < -0.3 is 34.8 Å². The lowest BCUT2D eigenvalue weighted by atomic mass is 10.2. The van der Waals surface area contributed by atoms with Crippen LogP contribution in [-0.4, -0.2) is 56.0 Å². The third-order valence-electron chi connectivity index (χ3n) is 3.31. The van der Waals surface area contributed by atoms with Gasteiger partial charge in [-0.1, -0.05) is 12.1 Å². The summed E-state index contributed by atoms with van der Waals surface area (Å²) in [5.74, 6) is -2.36. The number of rotatable bonds is 5. The van der Waals surface area contributed by atoms with Crippen molar-refractivity contribution in [2.75, 3.05) is 27.2 Å². The van der Waals surface area contributed by atoms with Crippen molar-refractivity contribution in [1.29, 1.82) is 0 Å². The van der Waals surface area contributed by atoms with Crippen LogP contribution in [0.1, 0.15) is 16.8 Å². The molecule has 8 nitrogen and oxygen atoms in total. The second kappa shape index (κ2) is 10.1. The molecule has 1 aromatic rings. The SMILES string of the molecule is CNCCC1CN(C)C(=O)c2ccccc2O1.O=C([O-])/C=C/C(=O)[O-]. The number of carboxylic acids is 2. The molecule has 1 atom stereocenters. The Morgan fingerprint density at radius 2 is 1.88 bits per heavy atom. The minimum Gasteiger partial charge on any atom is -0.545 e. The highest BCUT2D eigenvalue weighted by atomic mass is 16.5. The van der Waals surface area contributed by atoms with Crippen LogP contribution in [0.5, 0.6) is 5.75 Å². The van der Waals surface area contributed by atoms with Gasteiger partial charge in [0.05, 0.1) is 24.0 Å². The molecule has 0 aliphatic carbocycles. The van der Waals surface area contributed by atoms with E-state index in [1.807, 2.05) is 38.4 Å². The van der Waals surface area contributed by atoms with Gasteiger partial charge in [-0.25, -0.2) is 0 Å². The molecule has 1 unspecified atom stereocenters. The number of hydrogen-bond donors (Lipinski definition) is 1. The van der Waals surface area contributed by atoms with E-state index in [2.05, 4.69) is 5.32 Å². The number of aliphatic carboxylic acids is 2. The number of carbonyl (C=O) groups is 3. The molecule has 25 heavy (non-hydrogen) atoms. The number of carbonyl (C=O) groups excluding carboxylic acids is 3. The molecule has 1 aromatic carbocycles. The highest BCUT2D eigenvalue weighted by Gasteiger charge is 2.25. The maximum atomic E-state index is 12.1. The summed E-state index contributed by atoms with van der Waals surface area (Å²) in [4.78, 5) is 32.6. The van der Waals surface area contributed by atoms with Crippen molar-refractivity contribution in [3.63, 3.8) is 0 Å². The maximum absolute atomic E-state index is 12.1. The Balaban J connectivity index is 0.000000333. The fraction of sp³-hybridized carbons (Fsp3) is 0.353. The van der Waals surface area contributed by atoms with Gasteiger partial charge in [-0.3, -0.25) is 4.79 Å².